The third-order valence-corrected chi connectivity index (χ3v) is 6.30. The van der Waals surface area contributed by atoms with Crippen molar-refractivity contribution in [2.45, 2.75) is 70.0 Å². The maximum absolute atomic E-state index is 12.5. The van der Waals surface area contributed by atoms with Crippen molar-refractivity contribution >= 4 is 5.91 Å². The smallest absolute Gasteiger partial charge is 0.227 e. The molecule has 1 amide bonds. The van der Waals surface area contributed by atoms with Crippen LogP contribution in [0.2, 0.25) is 0 Å². The Kier molecular flexibility index (Phi) is 3.80. The van der Waals surface area contributed by atoms with Crippen LogP contribution in [-0.2, 0) is 4.79 Å². The fraction of sp³-hybridized carbons (Fsp3) is 0.938. The topological polar surface area (TPSA) is 58.4 Å². The van der Waals surface area contributed by atoms with Gasteiger partial charge in [-0.05, 0) is 58.4 Å². The highest BCUT2D eigenvalue weighted by Crippen LogP contribution is 2.38. The fourth-order valence-electron chi connectivity index (χ4n) is 4.60. The number of fused-ring (bicyclic) bond motifs is 2. The van der Waals surface area contributed by atoms with Crippen LogP contribution in [0.5, 0.6) is 0 Å². The lowest BCUT2D eigenvalue weighted by Crippen LogP contribution is -2.49. The summed E-state index contributed by atoms with van der Waals surface area (Å²) in [6.45, 7) is 2.89. The molecule has 3 aliphatic rings. The molecule has 2 saturated heterocycles. The van der Waals surface area contributed by atoms with Crippen molar-refractivity contribution in [2.24, 2.45) is 17.1 Å². The molecule has 4 unspecified atom stereocenters. The van der Waals surface area contributed by atoms with Crippen molar-refractivity contribution in [2.75, 3.05) is 13.6 Å². The van der Waals surface area contributed by atoms with E-state index in [4.69, 9.17) is 5.73 Å². The first-order valence-electron chi connectivity index (χ1n) is 8.26. The highest BCUT2D eigenvalue weighted by Gasteiger charge is 2.43. The molecule has 0 aromatic rings. The van der Waals surface area contributed by atoms with E-state index < -0.39 is 0 Å². The van der Waals surface area contributed by atoms with Crippen molar-refractivity contribution < 1.29 is 4.79 Å². The normalized spacial score (nSPS) is 44.8. The first kappa shape index (κ1) is 14.3. The van der Waals surface area contributed by atoms with Gasteiger partial charge in [-0.15, -0.1) is 0 Å². The molecular weight excluding hydrogens is 250 g/mol. The number of carbonyl (C=O) groups excluding carboxylic acids is 1. The van der Waals surface area contributed by atoms with E-state index in [-0.39, 0.29) is 17.4 Å². The molecule has 1 aliphatic carbocycles. The number of piperidine rings is 1. The minimum absolute atomic E-state index is 0.0381. The minimum atomic E-state index is -0.329. The Bertz CT molecular complexity index is 372. The van der Waals surface area contributed by atoms with E-state index in [9.17, 15) is 4.79 Å². The van der Waals surface area contributed by atoms with Gasteiger partial charge < -0.3 is 16.0 Å². The summed E-state index contributed by atoms with van der Waals surface area (Å²) in [4.78, 5) is 15.0. The lowest BCUT2D eigenvalue weighted by atomic mass is 9.83. The van der Waals surface area contributed by atoms with Gasteiger partial charge in [-0.1, -0.05) is 6.42 Å². The molecule has 2 heterocycles. The van der Waals surface area contributed by atoms with E-state index in [0.29, 0.717) is 5.92 Å². The van der Waals surface area contributed by atoms with Gasteiger partial charge in [0.05, 0.1) is 5.41 Å². The molecule has 2 aliphatic heterocycles. The average molecular weight is 279 g/mol. The van der Waals surface area contributed by atoms with Gasteiger partial charge in [0.1, 0.15) is 0 Å². The van der Waals surface area contributed by atoms with Crippen molar-refractivity contribution in [1.29, 1.82) is 0 Å². The molecule has 0 aromatic carbocycles. The SMILES string of the molecule is CN1C2CCC1CC(CNC(=O)C1(C)CCCC1N)C2. The highest BCUT2D eigenvalue weighted by molar-refractivity contribution is 5.83. The molecule has 114 valence electrons. The summed E-state index contributed by atoms with van der Waals surface area (Å²) in [5.74, 6) is 0.850. The number of amides is 1. The van der Waals surface area contributed by atoms with E-state index >= 15 is 0 Å². The zero-order chi connectivity index (χ0) is 14.3. The van der Waals surface area contributed by atoms with Crippen molar-refractivity contribution in [3.8, 4) is 0 Å². The Morgan fingerprint density at radius 3 is 2.50 bits per heavy atom. The largest absolute Gasteiger partial charge is 0.355 e. The molecule has 4 heteroatoms. The molecule has 4 nitrogen and oxygen atoms in total. The minimum Gasteiger partial charge on any atom is -0.355 e. The van der Waals surface area contributed by atoms with Crippen LogP contribution in [0.1, 0.15) is 51.9 Å². The number of hydrogen-bond acceptors (Lipinski definition) is 3. The maximum Gasteiger partial charge on any atom is 0.227 e. The second kappa shape index (κ2) is 5.30. The molecule has 2 bridgehead atoms. The predicted molar refractivity (Wildman–Crippen MR) is 80.2 cm³/mol. The van der Waals surface area contributed by atoms with Crippen molar-refractivity contribution in [3.05, 3.63) is 0 Å². The molecule has 0 radical (unpaired) electrons. The standard InChI is InChI=1S/C16H29N3O/c1-16(7-3-4-14(16)17)15(20)18-10-11-8-12-5-6-13(9-11)19(12)2/h11-14H,3-10,17H2,1-2H3,(H,18,20). The van der Waals surface area contributed by atoms with Crippen LogP contribution >= 0.6 is 0 Å². The first-order valence-corrected chi connectivity index (χ1v) is 8.26. The van der Waals surface area contributed by atoms with Crippen LogP contribution in [0.25, 0.3) is 0 Å². The zero-order valence-electron chi connectivity index (χ0n) is 12.9. The predicted octanol–water partition coefficient (Wildman–Crippen LogP) is 1.49. The van der Waals surface area contributed by atoms with E-state index in [1.165, 1.54) is 25.7 Å². The van der Waals surface area contributed by atoms with E-state index in [0.717, 1.165) is 37.9 Å². The van der Waals surface area contributed by atoms with Crippen LogP contribution in [0.15, 0.2) is 0 Å². The summed E-state index contributed by atoms with van der Waals surface area (Å²) in [5, 5.41) is 3.21. The second-order valence-corrected chi connectivity index (χ2v) is 7.51. The number of nitrogens with two attached hydrogens (primary N) is 1. The summed E-state index contributed by atoms with van der Waals surface area (Å²) >= 11 is 0. The van der Waals surface area contributed by atoms with E-state index in [2.05, 4.69) is 17.3 Å². The lowest BCUT2D eigenvalue weighted by Gasteiger charge is -2.37. The summed E-state index contributed by atoms with van der Waals surface area (Å²) < 4.78 is 0. The summed E-state index contributed by atoms with van der Waals surface area (Å²) in [6.07, 6.45) is 8.19. The van der Waals surface area contributed by atoms with Crippen LogP contribution in [-0.4, -0.2) is 42.5 Å². The molecule has 3 fully saturated rings. The Balaban J connectivity index is 1.52. The van der Waals surface area contributed by atoms with Gasteiger partial charge >= 0.3 is 0 Å². The number of nitrogens with one attached hydrogen (secondary N) is 1. The molecule has 3 rings (SSSR count). The number of nitrogens with zero attached hydrogens (tertiary/aromatic N) is 1. The average Bonchev–Trinajstić information content (AvgIpc) is 2.85. The van der Waals surface area contributed by atoms with Gasteiger partial charge in [-0.3, -0.25) is 4.79 Å². The Morgan fingerprint density at radius 1 is 1.30 bits per heavy atom. The summed E-state index contributed by atoms with van der Waals surface area (Å²) in [7, 11) is 2.26. The second-order valence-electron chi connectivity index (χ2n) is 7.51. The molecule has 4 atom stereocenters. The van der Waals surface area contributed by atoms with Crippen LogP contribution in [0.3, 0.4) is 0 Å². The molecule has 0 aromatic heterocycles. The number of hydrogen-bond donors (Lipinski definition) is 2. The van der Waals surface area contributed by atoms with E-state index in [1.54, 1.807) is 0 Å². The summed E-state index contributed by atoms with van der Waals surface area (Å²) in [5.41, 5.74) is 5.80. The fourth-order valence-corrected chi connectivity index (χ4v) is 4.60. The molecular formula is C16H29N3O. The third kappa shape index (κ3) is 2.37. The zero-order valence-corrected chi connectivity index (χ0v) is 12.9. The molecule has 20 heavy (non-hydrogen) atoms. The number of rotatable bonds is 3. The first-order chi connectivity index (χ1) is 9.50. The molecule has 1 saturated carbocycles. The van der Waals surface area contributed by atoms with Crippen molar-refractivity contribution in [1.82, 2.24) is 10.2 Å². The Labute approximate surface area is 122 Å². The van der Waals surface area contributed by atoms with E-state index in [1.807, 2.05) is 6.92 Å². The number of carbonyl (C=O) groups is 1. The third-order valence-electron chi connectivity index (χ3n) is 6.30. The van der Waals surface area contributed by atoms with Gasteiger partial charge in [-0.25, -0.2) is 0 Å². The van der Waals surface area contributed by atoms with Gasteiger partial charge in [0.25, 0.3) is 0 Å². The molecule has 3 N–H and O–H groups in total. The summed E-state index contributed by atoms with van der Waals surface area (Å²) in [6, 6.07) is 1.54. The van der Waals surface area contributed by atoms with Gasteiger partial charge in [-0.2, -0.15) is 0 Å². The Morgan fingerprint density at radius 2 is 1.95 bits per heavy atom. The monoisotopic (exact) mass is 279 g/mol. The maximum atomic E-state index is 12.5. The Hall–Kier alpha value is -0.610. The van der Waals surface area contributed by atoms with Crippen LogP contribution < -0.4 is 11.1 Å². The lowest BCUT2D eigenvalue weighted by molar-refractivity contribution is -0.130. The van der Waals surface area contributed by atoms with Crippen LogP contribution in [0, 0.1) is 11.3 Å². The quantitative estimate of drug-likeness (QED) is 0.823. The van der Waals surface area contributed by atoms with Gasteiger partial charge in [0, 0.05) is 24.7 Å². The van der Waals surface area contributed by atoms with Gasteiger partial charge in [0.15, 0.2) is 0 Å². The molecule has 0 spiro atoms. The van der Waals surface area contributed by atoms with Crippen LogP contribution in [0.4, 0.5) is 0 Å². The highest BCUT2D eigenvalue weighted by atomic mass is 16.2. The van der Waals surface area contributed by atoms with Crippen molar-refractivity contribution in [3.63, 3.8) is 0 Å². The van der Waals surface area contributed by atoms with Gasteiger partial charge in [0.2, 0.25) is 5.91 Å².